The summed E-state index contributed by atoms with van der Waals surface area (Å²) >= 11 is 7.06. The maximum absolute atomic E-state index is 5.86. The van der Waals surface area contributed by atoms with Crippen molar-refractivity contribution >= 4 is 38.6 Å². The molecule has 1 aliphatic carbocycles. The average molecular weight is 329 g/mol. The summed E-state index contributed by atoms with van der Waals surface area (Å²) in [5.74, 6) is 0.652. The van der Waals surface area contributed by atoms with Gasteiger partial charge >= 0.3 is 0 Å². The Morgan fingerprint density at radius 1 is 1.47 bits per heavy atom. The van der Waals surface area contributed by atoms with E-state index < -0.39 is 0 Å². The van der Waals surface area contributed by atoms with Crippen molar-refractivity contribution in [3.05, 3.63) is 26.5 Å². The number of aryl methyl sites for hydroxylation is 1. The van der Waals surface area contributed by atoms with Gasteiger partial charge in [-0.1, -0.05) is 0 Å². The molecule has 0 bridgehead atoms. The molecule has 1 saturated carbocycles. The quantitative estimate of drug-likeness (QED) is 0.899. The van der Waals surface area contributed by atoms with Crippen LogP contribution in [0.25, 0.3) is 9.88 Å². The molecule has 0 amide bonds. The smallest absolute Gasteiger partial charge is 0.133 e. The van der Waals surface area contributed by atoms with E-state index in [1.54, 1.807) is 11.3 Å². The second-order valence-electron chi connectivity index (χ2n) is 4.53. The second kappa shape index (κ2) is 4.46. The van der Waals surface area contributed by atoms with Gasteiger partial charge in [0.05, 0.1) is 10.6 Å². The lowest BCUT2D eigenvalue weighted by molar-refractivity contribution is 0.354. The molecule has 0 aliphatic heterocycles. The number of hydrogen-bond acceptors (Lipinski definition) is 4. The minimum Gasteiger partial charge on any atom is -0.328 e. The molecule has 5 heteroatoms. The Balaban J connectivity index is 1.90. The largest absolute Gasteiger partial charge is 0.328 e. The predicted octanol–water partition coefficient (Wildman–Crippen LogP) is 4.15. The zero-order chi connectivity index (χ0) is 12.0. The Morgan fingerprint density at radius 3 is 2.82 bits per heavy atom. The van der Waals surface area contributed by atoms with Gasteiger partial charge in [0, 0.05) is 20.8 Å². The molecule has 3 rings (SSSR count). The van der Waals surface area contributed by atoms with Crippen LogP contribution >= 0.6 is 38.6 Å². The summed E-state index contributed by atoms with van der Waals surface area (Å²) in [5, 5.41) is 3.25. The molecule has 2 N–H and O–H groups in total. The summed E-state index contributed by atoms with van der Waals surface area (Å²) in [6.07, 6.45) is 2.24. The van der Waals surface area contributed by atoms with Crippen molar-refractivity contribution in [3.63, 3.8) is 0 Å². The zero-order valence-electron chi connectivity index (χ0n) is 9.44. The molecule has 2 aromatic rings. The van der Waals surface area contributed by atoms with Crippen LogP contribution in [0, 0.1) is 6.92 Å². The van der Waals surface area contributed by atoms with Gasteiger partial charge in [-0.05, 0) is 47.7 Å². The molecule has 0 aromatic carbocycles. The van der Waals surface area contributed by atoms with Crippen LogP contribution in [0.15, 0.2) is 15.9 Å². The second-order valence-corrected chi connectivity index (χ2v) is 7.38. The minimum absolute atomic E-state index is 0.404. The van der Waals surface area contributed by atoms with Crippen LogP contribution in [0.2, 0.25) is 0 Å². The van der Waals surface area contributed by atoms with Crippen LogP contribution in [0.1, 0.15) is 29.3 Å². The van der Waals surface area contributed by atoms with E-state index in [0.717, 1.165) is 22.3 Å². The van der Waals surface area contributed by atoms with Crippen LogP contribution in [0.4, 0.5) is 0 Å². The SMILES string of the molecule is Cc1nc(-c2cc(Br)cs2)sc1C1CC(N)C1. The van der Waals surface area contributed by atoms with Crippen molar-refractivity contribution in [3.8, 4) is 9.88 Å². The Bertz CT molecular complexity index is 540. The number of halogens is 1. The van der Waals surface area contributed by atoms with Gasteiger partial charge in [0.15, 0.2) is 0 Å². The molecular weight excluding hydrogens is 316 g/mol. The van der Waals surface area contributed by atoms with Gasteiger partial charge in [0.25, 0.3) is 0 Å². The van der Waals surface area contributed by atoms with Crippen molar-refractivity contribution in [2.75, 3.05) is 0 Å². The van der Waals surface area contributed by atoms with E-state index in [4.69, 9.17) is 5.73 Å². The van der Waals surface area contributed by atoms with Gasteiger partial charge in [-0.2, -0.15) is 0 Å². The van der Waals surface area contributed by atoms with Crippen LogP contribution in [0.3, 0.4) is 0 Å². The number of nitrogens with two attached hydrogens (primary N) is 1. The molecule has 0 unspecified atom stereocenters. The zero-order valence-corrected chi connectivity index (χ0v) is 12.7. The molecule has 0 radical (unpaired) electrons. The van der Waals surface area contributed by atoms with E-state index in [1.165, 1.54) is 15.4 Å². The average Bonchev–Trinajstić information content (AvgIpc) is 2.80. The molecule has 0 atom stereocenters. The Labute approximate surface area is 117 Å². The molecule has 1 fully saturated rings. The third-order valence-electron chi connectivity index (χ3n) is 3.16. The number of rotatable bonds is 2. The van der Waals surface area contributed by atoms with Gasteiger partial charge in [0.1, 0.15) is 5.01 Å². The molecular formula is C12H13BrN2S2. The number of thiophene rings is 1. The lowest BCUT2D eigenvalue weighted by Crippen LogP contribution is -2.34. The van der Waals surface area contributed by atoms with E-state index in [9.17, 15) is 0 Å². The third kappa shape index (κ3) is 2.21. The van der Waals surface area contributed by atoms with Gasteiger partial charge in [0.2, 0.25) is 0 Å². The van der Waals surface area contributed by atoms with E-state index in [-0.39, 0.29) is 0 Å². The standard InChI is InChI=1S/C12H13BrN2S2/c1-6-11(7-2-9(14)3-7)17-12(15-6)10-4-8(13)5-16-10/h4-5,7,9H,2-3,14H2,1H3. The van der Waals surface area contributed by atoms with Gasteiger partial charge in [-0.3, -0.25) is 0 Å². The summed E-state index contributed by atoms with van der Waals surface area (Å²) in [6.45, 7) is 2.11. The highest BCUT2D eigenvalue weighted by molar-refractivity contribution is 9.10. The molecule has 2 nitrogen and oxygen atoms in total. The molecule has 0 saturated heterocycles. The maximum atomic E-state index is 5.86. The summed E-state index contributed by atoms with van der Waals surface area (Å²) in [4.78, 5) is 7.38. The maximum Gasteiger partial charge on any atom is 0.133 e. The topological polar surface area (TPSA) is 38.9 Å². The van der Waals surface area contributed by atoms with Crippen molar-refractivity contribution < 1.29 is 0 Å². The number of thiazole rings is 1. The molecule has 2 heterocycles. The fourth-order valence-electron chi connectivity index (χ4n) is 2.19. The van der Waals surface area contributed by atoms with Crippen molar-refractivity contribution in [2.45, 2.75) is 31.7 Å². The highest BCUT2D eigenvalue weighted by atomic mass is 79.9. The van der Waals surface area contributed by atoms with Crippen LogP contribution < -0.4 is 5.73 Å². The van der Waals surface area contributed by atoms with Crippen molar-refractivity contribution in [1.29, 1.82) is 0 Å². The summed E-state index contributed by atoms with van der Waals surface area (Å²) in [7, 11) is 0. The highest BCUT2D eigenvalue weighted by Crippen LogP contribution is 2.43. The van der Waals surface area contributed by atoms with Gasteiger partial charge in [-0.25, -0.2) is 4.98 Å². The first-order chi connectivity index (χ1) is 8.13. The van der Waals surface area contributed by atoms with E-state index in [0.29, 0.717) is 12.0 Å². The summed E-state index contributed by atoms with van der Waals surface area (Å²) in [6, 6.07) is 2.54. The fourth-order valence-corrected chi connectivity index (χ4v) is 4.88. The Hall–Kier alpha value is -0.230. The first kappa shape index (κ1) is 11.8. The highest BCUT2D eigenvalue weighted by Gasteiger charge is 2.30. The molecule has 0 spiro atoms. The van der Waals surface area contributed by atoms with E-state index in [1.807, 2.05) is 11.3 Å². The number of aromatic nitrogens is 1. The van der Waals surface area contributed by atoms with Gasteiger partial charge in [-0.15, -0.1) is 22.7 Å². The van der Waals surface area contributed by atoms with Crippen molar-refractivity contribution in [1.82, 2.24) is 4.98 Å². The third-order valence-corrected chi connectivity index (χ3v) is 6.34. The Kier molecular flexibility index (Phi) is 3.11. The van der Waals surface area contributed by atoms with Crippen molar-refractivity contribution in [2.24, 2.45) is 5.73 Å². The number of nitrogens with zero attached hydrogens (tertiary/aromatic N) is 1. The molecule has 90 valence electrons. The van der Waals surface area contributed by atoms with E-state index in [2.05, 4.69) is 39.3 Å². The monoisotopic (exact) mass is 328 g/mol. The number of hydrogen-bond donors (Lipinski definition) is 1. The van der Waals surface area contributed by atoms with Crippen LogP contribution in [0.5, 0.6) is 0 Å². The summed E-state index contributed by atoms with van der Waals surface area (Å²) in [5.41, 5.74) is 7.04. The fraction of sp³-hybridized carbons (Fsp3) is 0.417. The first-order valence-electron chi connectivity index (χ1n) is 5.61. The lowest BCUT2D eigenvalue weighted by atomic mass is 9.79. The van der Waals surface area contributed by atoms with E-state index >= 15 is 0 Å². The molecule has 2 aromatic heterocycles. The predicted molar refractivity (Wildman–Crippen MR) is 77.8 cm³/mol. The normalized spacial score (nSPS) is 23.7. The Morgan fingerprint density at radius 2 is 2.24 bits per heavy atom. The van der Waals surface area contributed by atoms with Crippen LogP contribution in [-0.4, -0.2) is 11.0 Å². The molecule has 17 heavy (non-hydrogen) atoms. The summed E-state index contributed by atoms with van der Waals surface area (Å²) < 4.78 is 1.14. The first-order valence-corrected chi connectivity index (χ1v) is 8.09. The minimum atomic E-state index is 0.404. The lowest BCUT2D eigenvalue weighted by Gasteiger charge is -2.31. The van der Waals surface area contributed by atoms with Gasteiger partial charge < -0.3 is 5.73 Å². The molecule has 1 aliphatic rings. The van der Waals surface area contributed by atoms with Crippen LogP contribution in [-0.2, 0) is 0 Å².